The highest BCUT2D eigenvalue weighted by Crippen LogP contribution is 2.21. The van der Waals surface area contributed by atoms with Crippen molar-refractivity contribution >= 4 is 6.08 Å². The molecule has 2 nitrogen and oxygen atoms in total. The number of benzene rings is 1. The fourth-order valence-corrected chi connectivity index (χ4v) is 1.34. The Morgan fingerprint density at radius 3 is 2.47 bits per heavy atom. The molecule has 1 aliphatic rings. The molecule has 0 saturated heterocycles. The molecule has 0 radical (unpaired) electrons. The Hall–Kier alpha value is -1.96. The molecule has 1 aromatic carbocycles. The molecule has 2 heterocycles. The number of para-hydroxylation sites is 1. The highest BCUT2D eigenvalue weighted by molar-refractivity contribution is 5.58. The Bertz CT molecular complexity index is 401. The lowest BCUT2D eigenvalue weighted by atomic mass is 10.1. The summed E-state index contributed by atoms with van der Waals surface area (Å²) in [5, 5.41) is 0. The van der Waals surface area contributed by atoms with Crippen molar-refractivity contribution in [1.82, 2.24) is 4.98 Å². The Balaban J connectivity index is 0.000000144. The quantitative estimate of drug-likeness (QED) is 0.692. The average Bonchev–Trinajstić information content (AvgIpc) is 2.88. The predicted molar refractivity (Wildman–Crippen MR) is 61.8 cm³/mol. The molecule has 2 heteroatoms. The molecule has 0 unspecified atom stereocenters. The van der Waals surface area contributed by atoms with E-state index >= 15 is 0 Å². The second-order valence-electron chi connectivity index (χ2n) is 3.14. The van der Waals surface area contributed by atoms with Gasteiger partial charge in [0.25, 0.3) is 0 Å². The van der Waals surface area contributed by atoms with E-state index in [-0.39, 0.29) is 0 Å². The normalized spacial score (nSPS) is 12.0. The van der Waals surface area contributed by atoms with Crippen molar-refractivity contribution in [3.63, 3.8) is 0 Å². The zero-order valence-electron chi connectivity index (χ0n) is 8.39. The van der Waals surface area contributed by atoms with Crippen LogP contribution in [0.5, 0.6) is 5.75 Å². The summed E-state index contributed by atoms with van der Waals surface area (Å²) in [5.74, 6) is 0.991. The summed E-state index contributed by atoms with van der Waals surface area (Å²) in [6.45, 7) is 0.705. The van der Waals surface area contributed by atoms with Gasteiger partial charge in [0, 0.05) is 18.0 Å². The molecule has 0 aliphatic carbocycles. The largest absolute Gasteiger partial charge is 0.489 e. The van der Waals surface area contributed by atoms with E-state index in [4.69, 9.17) is 4.74 Å². The molecule has 0 fully saturated rings. The third kappa shape index (κ3) is 2.74. The molecular formula is C13H13NO. The van der Waals surface area contributed by atoms with Crippen molar-refractivity contribution in [2.45, 2.75) is 0 Å². The molecule has 0 atom stereocenters. The summed E-state index contributed by atoms with van der Waals surface area (Å²) in [7, 11) is 0. The van der Waals surface area contributed by atoms with Crippen molar-refractivity contribution in [3.8, 4) is 5.75 Å². The zero-order chi connectivity index (χ0) is 10.3. The van der Waals surface area contributed by atoms with Crippen LogP contribution in [0.1, 0.15) is 5.56 Å². The number of hydrogen-bond donors (Lipinski definition) is 1. The molecule has 0 spiro atoms. The van der Waals surface area contributed by atoms with Crippen LogP contribution in [0.3, 0.4) is 0 Å². The number of aromatic nitrogens is 1. The van der Waals surface area contributed by atoms with Gasteiger partial charge in [0.05, 0.1) is 0 Å². The van der Waals surface area contributed by atoms with Gasteiger partial charge < -0.3 is 9.72 Å². The minimum Gasteiger partial charge on any atom is -0.489 e. The Kier molecular flexibility index (Phi) is 3.23. The van der Waals surface area contributed by atoms with E-state index in [1.54, 1.807) is 0 Å². The van der Waals surface area contributed by atoms with Crippen molar-refractivity contribution < 1.29 is 4.74 Å². The van der Waals surface area contributed by atoms with Gasteiger partial charge in [0.15, 0.2) is 0 Å². The van der Waals surface area contributed by atoms with Crippen molar-refractivity contribution in [1.29, 1.82) is 0 Å². The summed E-state index contributed by atoms with van der Waals surface area (Å²) in [6, 6.07) is 11.9. The Labute approximate surface area is 89.2 Å². The number of ether oxygens (including phenoxy) is 1. The summed E-state index contributed by atoms with van der Waals surface area (Å²) < 4.78 is 5.34. The fraction of sp³-hybridized carbons (Fsp3) is 0.0769. The molecule has 2 aromatic rings. The molecule has 3 rings (SSSR count). The van der Waals surface area contributed by atoms with E-state index in [0.717, 1.165) is 5.75 Å². The van der Waals surface area contributed by atoms with Crippen LogP contribution in [0.2, 0.25) is 0 Å². The van der Waals surface area contributed by atoms with E-state index in [1.807, 2.05) is 54.9 Å². The third-order valence-electron chi connectivity index (χ3n) is 2.05. The summed E-state index contributed by atoms with van der Waals surface area (Å²) in [6.07, 6.45) is 7.85. The van der Waals surface area contributed by atoms with Crippen LogP contribution in [0.25, 0.3) is 6.08 Å². The Morgan fingerprint density at radius 1 is 1.00 bits per heavy atom. The van der Waals surface area contributed by atoms with E-state index in [2.05, 4.69) is 11.1 Å². The van der Waals surface area contributed by atoms with Gasteiger partial charge in [-0.2, -0.15) is 0 Å². The van der Waals surface area contributed by atoms with Crippen LogP contribution < -0.4 is 4.74 Å². The molecule has 0 amide bonds. The van der Waals surface area contributed by atoms with Crippen molar-refractivity contribution in [3.05, 3.63) is 60.4 Å². The van der Waals surface area contributed by atoms with Gasteiger partial charge in [-0.25, -0.2) is 0 Å². The SMILES string of the molecule is C1=Cc2ccccc2OC1.c1cc[nH]c1. The fourth-order valence-electron chi connectivity index (χ4n) is 1.34. The van der Waals surface area contributed by atoms with E-state index in [0.29, 0.717) is 6.61 Å². The van der Waals surface area contributed by atoms with Crippen LogP contribution in [0.4, 0.5) is 0 Å². The van der Waals surface area contributed by atoms with Crippen LogP contribution >= 0.6 is 0 Å². The highest BCUT2D eigenvalue weighted by Gasteiger charge is 2.01. The first kappa shape index (κ1) is 9.59. The maximum absolute atomic E-state index is 5.34. The maximum Gasteiger partial charge on any atom is 0.126 e. The van der Waals surface area contributed by atoms with Gasteiger partial charge in [-0.3, -0.25) is 0 Å². The van der Waals surface area contributed by atoms with Gasteiger partial charge in [-0.15, -0.1) is 0 Å². The lowest BCUT2D eigenvalue weighted by Crippen LogP contribution is -1.98. The van der Waals surface area contributed by atoms with Crippen LogP contribution in [-0.4, -0.2) is 11.6 Å². The van der Waals surface area contributed by atoms with E-state index in [9.17, 15) is 0 Å². The monoisotopic (exact) mass is 199 g/mol. The standard InChI is InChI=1S/C9H8O.C4H5N/c1-2-6-9-8(4-1)5-3-7-10-9;1-2-4-5-3-1/h1-6H,7H2;1-5H. The van der Waals surface area contributed by atoms with E-state index < -0.39 is 0 Å². The number of fused-ring (bicyclic) bond motifs is 1. The number of aromatic amines is 1. The third-order valence-corrected chi connectivity index (χ3v) is 2.05. The molecule has 1 aliphatic heterocycles. The van der Waals surface area contributed by atoms with Crippen LogP contribution in [-0.2, 0) is 0 Å². The Morgan fingerprint density at radius 2 is 1.80 bits per heavy atom. The van der Waals surface area contributed by atoms with Gasteiger partial charge in [-0.1, -0.05) is 24.3 Å². The van der Waals surface area contributed by atoms with Crippen molar-refractivity contribution in [2.24, 2.45) is 0 Å². The maximum atomic E-state index is 5.34. The highest BCUT2D eigenvalue weighted by atomic mass is 16.5. The lowest BCUT2D eigenvalue weighted by Gasteiger charge is -2.10. The van der Waals surface area contributed by atoms with Crippen molar-refractivity contribution in [2.75, 3.05) is 6.61 Å². The molecule has 15 heavy (non-hydrogen) atoms. The molecule has 1 N–H and O–H groups in total. The topological polar surface area (TPSA) is 25.0 Å². The lowest BCUT2D eigenvalue weighted by molar-refractivity contribution is 0.358. The zero-order valence-corrected chi connectivity index (χ0v) is 8.39. The molecule has 76 valence electrons. The summed E-state index contributed by atoms with van der Waals surface area (Å²) >= 11 is 0. The number of nitrogens with one attached hydrogen (secondary N) is 1. The second kappa shape index (κ2) is 5.05. The average molecular weight is 199 g/mol. The number of hydrogen-bond acceptors (Lipinski definition) is 1. The first-order valence-corrected chi connectivity index (χ1v) is 4.93. The molecular weight excluding hydrogens is 186 g/mol. The van der Waals surface area contributed by atoms with Crippen LogP contribution in [0.15, 0.2) is 54.9 Å². The first-order valence-electron chi connectivity index (χ1n) is 4.93. The number of rotatable bonds is 0. The summed E-state index contributed by atoms with van der Waals surface area (Å²) in [4.78, 5) is 2.86. The minimum atomic E-state index is 0.705. The molecule has 1 aromatic heterocycles. The first-order chi connectivity index (χ1) is 7.47. The second-order valence-corrected chi connectivity index (χ2v) is 3.14. The van der Waals surface area contributed by atoms with Gasteiger partial charge in [-0.05, 0) is 24.3 Å². The van der Waals surface area contributed by atoms with E-state index in [1.165, 1.54) is 5.56 Å². The number of H-pyrrole nitrogens is 1. The predicted octanol–water partition coefficient (Wildman–Crippen LogP) is 3.11. The smallest absolute Gasteiger partial charge is 0.126 e. The summed E-state index contributed by atoms with van der Waals surface area (Å²) in [5.41, 5.74) is 1.17. The van der Waals surface area contributed by atoms with Gasteiger partial charge >= 0.3 is 0 Å². The molecule has 0 saturated carbocycles. The minimum absolute atomic E-state index is 0.705. The van der Waals surface area contributed by atoms with Gasteiger partial charge in [0.2, 0.25) is 0 Å². The molecule has 0 bridgehead atoms. The van der Waals surface area contributed by atoms with Gasteiger partial charge in [0.1, 0.15) is 12.4 Å². The van der Waals surface area contributed by atoms with Crippen LogP contribution in [0, 0.1) is 0 Å².